The van der Waals surface area contributed by atoms with Crippen LogP contribution < -0.4 is 10.2 Å². The van der Waals surface area contributed by atoms with Crippen LogP contribution in [0.5, 0.6) is 0 Å². The number of hydrogen-bond donors (Lipinski definition) is 1. The lowest BCUT2D eigenvalue weighted by Gasteiger charge is -2.16. The van der Waals surface area contributed by atoms with Gasteiger partial charge in [0.2, 0.25) is 11.8 Å². The zero-order valence-electron chi connectivity index (χ0n) is 12.4. The van der Waals surface area contributed by atoms with Gasteiger partial charge < -0.3 is 10.2 Å². The summed E-state index contributed by atoms with van der Waals surface area (Å²) in [6.45, 7) is 0.819. The molecule has 1 atom stereocenters. The Morgan fingerprint density at radius 2 is 1.91 bits per heavy atom. The van der Waals surface area contributed by atoms with Crippen molar-refractivity contribution in [3.8, 4) is 0 Å². The number of aromatic nitrogens is 1. The van der Waals surface area contributed by atoms with Crippen molar-refractivity contribution < 1.29 is 14.0 Å². The van der Waals surface area contributed by atoms with Crippen LogP contribution in [0.2, 0.25) is 0 Å². The first kappa shape index (κ1) is 15.1. The molecule has 6 heteroatoms. The Kier molecular flexibility index (Phi) is 4.32. The quantitative estimate of drug-likeness (QED) is 0.877. The average molecular weight is 313 g/mol. The molecule has 1 aromatic heterocycles. The summed E-state index contributed by atoms with van der Waals surface area (Å²) in [5.41, 5.74) is 1.54. The van der Waals surface area contributed by atoms with Crippen molar-refractivity contribution in [2.24, 2.45) is 5.92 Å². The molecule has 5 nitrogen and oxygen atoms in total. The maximum absolute atomic E-state index is 13.0. The van der Waals surface area contributed by atoms with E-state index in [4.69, 9.17) is 0 Å². The molecule has 118 valence electrons. The summed E-state index contributed by atoms with van der Waals surface area (Å²) in [7, 11) is 0. The number of benzene rings is 1. The SMILES string of the molecule is O=C(NCc1ccncc1)C1CCN(c2ccc(F)cc2)C1=O. The predicted octanol–water partition coefficient (Wildman–Crippen LogP) is 1.89. The van der Waals surface area contributed by atoms with E-state index < -0.39 is 5.92 Å². The number of carbonyl (C=O) groups is 2. The van der Waals surface area contributed by atoms with Gasteiger partial charge >= 0.3 is 0 Å². The van der Waals surface area contributed by atoms with Crippen LogP contribution in [0.25, 0.3) is 0 Å². The molecule has 0 spiro atoms. The number of pyridine rings is 1. The molecule has 0 radical (unpaired) electrons. The second-order valence-corrected chi connectivity index (χ2v) is 5.38. The molecule has 23 heavy (non-hydrogen) atoms. The predicted molar refractivity (Wildman–Crippen MR) is 82.9 cm³/mol. The smallest absolute Gasteiger partial charge is 0.239 e. The van der Waals surface area contributed by atoms with E-state index in [9.17, 15) is 14.0 Å². The highest BCUT2D eigenvalue weighted by Crippen LogP contribution is 2.25. The van der Waals surface area contributed by atoms with Gasteiger partial charge in [-0.15, -0.1) is 0 Å². The van der Waals surface area contributed by atoms with Crippen LogP contribution in [0, 0.1) is 11.7 Å². The third kappa shape index (κ3) is 3.36. The molecule has 1 N–H and O–H groups in total. The number of carbonyl (C=O) groups excluding carboxylic acids is 2. The number of rotatable bonds is 4. The molecule has 1 aliphatic heterocycles. The summed E-state index contributed by atoms with van der Waals surface area (Å²) in [4.78, 5) is 30.1. The minimum absolute atomic E-state index is 0.246. The maximum atomic E-state index is 13.0. The van der Waals surface area contributed by atoms with E-state index in [0.29, 0.717) is 25.2 Å². The zero-order chi connectivity index (χ0) is 16.2. The molecule has 1 unspecified atom stereocenters. The number of nitrogens with zero attached hydrogens (tertiary/aromatic N) is 2. The van der Waals surface area contributed by atoms with E-state index >= 15 is 0 Å². The number of hydrogen-bond acceptors (Lipinski definition) is 3. The lowest BCUT2D eigenvalue weighted by Crippen LogP contribution is -2.36. The van der Waals surface area contributed by atoms with E-state index in [1.807, 2.05) is 12.1 Å². The van der Waals surface area contributed by atoms with Gasteiger partial charge in [-0.1, -0.05) is 0 Å². The van der Waals surface area contributed by atoms with Crippen molar-refractivity contribution in [1.29, 1.82) is 0 Å². The van der Waals surface area contributed by atoms with Gasteiger partial charge in [0.05, 0.1) is 0 Å². The second-order valence-electron chi connectivity index (χ2n) is 5.38. The van der Waals surface area contributed by atoms with Crippen LogP contribution in [0.3, 0.4) is 0 Å². The van der Waals surface area contributed by atoms with Crippen LogP contribution in [0.15, 0.2) is 48.8 Å². The topological polar surface area (TPSA) is 62.3 Å². The fourth-order valence-electron chi connectivity index (χ4n) is 2.61. The van der Waals surface area contributed by atoms with Gasteiger partial charge in [-0.25, -0.2) is 4.39 Å². The van der Waals surface area contributed by atoms with Crippen molar-refractivity contribution in [2.45, 2.75) is 13.0 Å². The van der Waals surface area contributed by atoms with Gasteiger partial charge in [0, 0.05) is 31.2 Å². The molecule has 2 aromatic rings. The first-order chi connectivity index (χ1) is 11.1. The molecule has 0 aliphatic carbocycles. The van der Waals surface area contributed by atoms with Crippen molar-refractivity contribution >= 4 is 17.5 Å². The second kappa shape index (κ2) is 6.56. The first-order valence-electron chi connectivity index (χ1n) is 7.39. The summed E-state index contributed by atoms with van der Waals surface area (Å²) < 4.78 is 13.0. The Bertz CT molecular complexity index is 704. The van der Waals surface area contributed by atoms with Gasteiger partial charge in [0.1, 0.15) is 11.7 Å². The molecule has 1 aromatic carbocycles. The number of nitrogens with one attached hydrogen (secondary N) is 1. The minimum Gasteiger partial charge on any atom is -0.351 e. The summed E-state index contributed by atoms with van der Waals surface area (Å²) in [5.74, 6) is -1.57. The van der Waals surface area contributed by atoms with Crippen molar-refractivity contribution in [3.05, 3.63) is 60.2 Å². The molecule has 0 saturated carbocycles. The summed E-state index contributed by atoms with van der Waals surface area (Å²) in [6.07, 6.45) is 3.76. The largest absolute Gasteiger partial charge is 0.351 e. The zero-order valence-corrected chi connectivity index (χ0v) is 12.4. The maximum Gasteiger partial charge on any atom is 0.239 e. The summed E-state index contributed by atoms with van der Waals surface area (Å²) >= 11 is 0. The molecular weight excluding hydrogens is 297 g/mol. The number of halogens is 1. The highest BCUT2D eigenvalue weighted by molar-refractivity contribution is 6.09. The summed E-state index contributed by atoms with van der Waals surface area (Å²) in [5, 5.41) is 2.78. The highest BCUT2D eigenvalue weighted by Gasteiger charge is 2.37. The van der Waals surface area contributed by atoms with Crippen LogP contribution in [0.1, 0.15) is 12.0 Å². The fraction of sp³-hybridized carbons (Fsp3) is 0.235. The van der Waals surface area contributed by atoms with Crippen LogP contribution >= 0.6 is 0 Å². The Balaban J connectivity index is 1.62. The van der Waals surface area contributed by atoms with Crippen LogP contribution in [0.4, 0.5) is 10.1 Å². The third-order valence-corrected chi connectivity index (χ3v) is 3.88. The number of amides is 2. The van der Waals surface area contributed by atoms with Crippen LogP contribution in [-0.2, 0) is 16.1 Å². The van der Waals surface area contributed by atoms with Gasteiger partial charge in [-0.3, -0.25) is 14.6 Å². The monoisotopic (exact) mass is 313 g/mol. The lowest BCUT2D eigenvalue weighted by molar-refractivity contribution is -0.132. The highest BCUT2D eigenvalue weighted by atomic mass is 19.1. The van der Waals surface area contributed by atoms with Crippen molar-refractivity contribution in [3.63, 3.8) is 0 Å². The molecule has 1 saturated heterocycles. The third-order valence-electron chi connectivity index (χ3n) is 3.88. The fourth-order valence-corrected chi connectivity index (χ4v) is 2.61. The standard InChI is InChI=1S/C17H16FN3O2/c18-13-1-3-14(4-2-13)21-10-7-15(17(21)23)16(22)20-11-12-5-8-19-9-6-12/h1-6,8-9,15H,7,10-11H2,(H,20,22). The summed E-state index contributed by atoms with van der Waals surface area (Å²) in [6, 6.07) is 9.32. The van der Waals surface area contributed by atoms with E-state index in [2.05, 4.69) is 10.3 Å². The molecule has 2 heterocycles. The molecule has 2 amide bonds. The average Bonchev–Trinajstić information content (AvgIpc) is 2.96. The van der Waals surface area contributed by atoms with Gasteiger partial charge in [-0.2, -0.15) is 0 Å². The molecule has 0 bridgehead atoms. The van der Waals surface area contributed by atoms with Gasteiger partial charge in [0.25, 0.3) is 0 Å². The van der Waals surface area contributed by atoms with E-state index in [1.54, 1.807) is 24.5 Å². The Morgan fingerprint density at radius 1 is 1.22 bits per heavy atom. The number of anilines is 1. The van der Waals surface area contributed by atoms with E-state index in [-0.39, 0.29) is 17.6 Å². The van der Waals surface area contributed by atoms with Gasteiger partial charge in [0.15, 0.2) is 0 Å². The molecule has 3 rings (SSSR count). The minimum atomic E-state index is -0.693. The Labute approximate surface area is 133 Å². The lowest BCUT2D eigenvalue weighted by atomic mass is 10.1. The first-order valence-corrected chi connectivity index (χ1v) is 7.39. The molecule has 1 aliphatic rings. The van der Waals surface area contributed by atoms with E-state index in [1.165, 1.54) is 17.0 Å². The van der Waals surface area contributed by atoms with Crippen molar-refractivity contribution in [2.75, 3.05) is 11.4 Å². The van der Waals surface area contributed by atoms with Crippen molar-refractivity contribution in [1.82, 2.24) is 10.3 Å². The Morgan fingerprint density at radius 3 is 2.61 bits per heavy atom. The Hall–Kier alpha value is -2.76. The molecule has 1 fully saturated rings. The van der Waals surface area contributed by atoms with Gasteiger partial charge in [-0.05, 0) is 48.4 Å². The molecular formula is C17H16FN3O2. The normalized spacial score (nSPS) is 17.3. The van der Waals surface area contributed by atoms with Crippen LogP contribution in [-0.4, -0.2) is 23.3 Å². The van der Waals surface area contributed by atoms with E-state index in [0.717, 1.165) is 5.56 Å².